The maximum Gasteiger partial charge on any atom is 0.123 e. The largest absolute Gasteiger partial charge is 0.487 e. The summed E-state index contributed by atoms with van der Waals surface area (Å²) in [7, 11) is 0. The molecule has 3 rings (SSSR count). The lowest BCUT2D eigenvalue weighted by Crippen LogP contribution is -2.24. The van der Waals surface area contributed by atoms with Crippen molar-refractivity contribution >= 4 is 31.9 Å². The summed E-state index contributed by atoms with van der Waals surface area (Å²) in [6.07, 6.45) is 0.919. The minimum absolute atomic E-state index is 0.124. The number of ether oxygens (including phenoxy) is 1. The fraction of sp³-hybridized carbons (Fsp3) is 0.294. The van der Waals surface area contributed by atoms with Crippen molar-refractivity contribution in [2.75, 3.05) is 0 Å². The van der Waals surface area contributed by atoms with Gasteiger partial charge in [0.25, 0.3) is 0 Å². The molecule has 2 aromatic carbocycles. The van der Waals surface area contributed by atoms with E-state index in [1.807, 2.05) is 18.2 Å². The van der Waals surface area contributed by atoms with Gasteiger partial charge in [0.15, 0.2) is 0 Å². The Morgan fingerprint density at radius 2 is 1.90 bits per heavy atom. The SMILES string of the molecule is CC1(C)Cc2cc(C(N)c3cc(Br)ccc3Br)ccc2O1. The quantitative estimate of drug-likeness (QED) is 0.758. The standard InChI is InChI=1S/C17H17Br2NO/c1-17(2)9-11-7-10(3-6-15(11)21-17)16(20)13-8-12(18)4-5-14(13)19/h3-8,16H,9,20H2,1-2H3. The highest BCUT2D eigenvalue weighted by Crippen LogP contribution is 2.37. The van der Waals surface area contributed by atoms with Crippen molar-refractivity contribution in [3.8, 4) is 5.75 Å². The topological polar surface area (TPSA) is 35.2 Å². The van der Waals surface area contributed by atoms with Gasteiger partial charge >= 0.3 is 0 Å². The molecule has 1 aliphatic heterocycles. The molecule has 21 heavy (non-hydrogen) atoms. The van der Waals surface area contributed by atoms with Crippen molar-refractivity contribution in [3.63, 3.8) is 0 Å². The van der Waals surface area contributed by atoms with Crippen LogP contribution in [0.1, 0.15) is 36.6 Å². The van der Waals surface area contributed by atoms with Gasteiger partial charge in [0.2, 0.25) is 0 Å². The monoisotopic (exact) mass is 409 g/mol. The second-order valence-electron chi connectivity index (χ2n) is 6.05. The average molecular weight is 411 g/mol. The molecule has 0 aliphatic carbocycles. The Bertz CT molecular complexity index is 697. The van der Waals surface area contributed by atoms with E-state index in [9.17, 15) is 0 Å². The molecule has 0 radical (unpaired) electrons. The van der Waals surface area contributed by atoms with Crippen molar-refractivity contribution in [1.82, 2.24) is 0 Å². The van der Waals surface area contributed by atoms with E-state index in [0.717, 1.165) is 32.2 Å². The number of benzene rings is 2. The van der Waals surface area contributed by atoms with Crippen molar-refractivity contribution in [2.24, 2.45) is 5.73 Å². The molecular weight excluding hydrogens is 394 g/mol. The summed E-state index contributed by atoms with van der Waals surface area (Å²) < 4.78 is 7.97. The Balaban J connectivity index is 1.97. The number of hydrogen-bond donors (Lipinski definition) is 1. The first-order valence-corrected chi connectivity index (χ1v) is 8.47. The van der Waals surface area contributed by atoms with Crippen LogP contribution in [0.3, 0.4) is 0 Å². The van der Waals surface area contributed by atoms with Gasteiger partial charge in [-0.1, -0.05) is 44.0 Å². The fourth-order valence-corrected chi connectivity index (χ4v) is 3.63. The predicted octanol–water partition coefficient (Wildman–Crippen LogP) is 4.97. The Morgan fingerprint density at radius 1 is 1.14 bits per heavy atom. The van der Waals surface area contributed by atoms with Gasteiger partial charge in [0.1, 0.15) is 11.4 Å². The van der Waals surface area contributed by atoms with Crippen LogP contribution >= 0.6 is 31.9 Å². The van der Waals surface area contributed by atoms with E-state index in [1.165, 1.54) is 5.56 Å². The Kier molecular flexibility index (Phi) is 3.89. The molecule has 0 aromatic heterocycles. The molecule has 1 atom stereocenters. The maximum absolute atomic E-state index is 6.46. The first kappa shape index (κ1) is 15.1. The van der Waals surface area contributed by atoms with Crippen molar-refractivity contribution < 1.29 is 4.74 Å². The maximum atomic E-state index is 6.46. The Hall–Kier alpha value is -0.840. The van der Waals surface area contributed by atoms with E-state index in [4.69, 9.17) is 10.5 Å². The summed E-state index contributed by atoms with van der Waals surface area (Å²) in [5.74, 6) is 0.976. The first-order chi connectivity index (χ1) is 9.85. The molecule has 2 nitrogen and oxygen atoms in total. The van der Waals surface area contributed by atoms with Gasteiger partial charge in [-0.3, -0.25) is 0 Å². The van der Waals surface area contributed by atoms with Crippen LogP contribution in [0.4, 0.5) is 0 Å². The third-order valence-corrected chi connectivity index (χ3v) is 4.95. The molecule has 0 bridgehead atoms. The molecule has 0 spiro atoms. The molecule has 0 saturated carbocycles. The van der Waals surface area contributed by atoms with Gasteiger partial charge in [0.05, 0.1) is 6.04 Å². The van der Waals surface area contributed by atoms with Crippen molar-refractivity contribution in [1.29, 1.82) is 0 Å². The number of halogens is 2. The van der Waals surface area contributed by atoms with Crippen molar-refractivity contribution in [3.05, 3.63) is 62.0 Å². The normalized spacial score (nSPS) is 17.2. The lowest BCUT2D eigenvalue weighted by molar-refractivity contribution is 0.138. The zero-order valence-electron chi connectivity index (χ0n) is 12.0. The molecule has 0 amide bonds. The van der Waals surface area contributed by atoms with Gasteiger partial charge in [-0.05, 0) is 54.8 Å². The predicted molar refractivity (Wildman–Crippen MR) is 92.7 cm³/mol. The van der Waals surface area contributed by atoms with Crippen LogP contribution < -0.4 is 10.5 Å². The van der Waals surface area contributed by atoms with E-state index < -0.39 is 0 Å². The first-order valence-electron chi connectivity index (χ1n) is 6.88. The van der Waals surface area contributed by atoms with Gasteiger partial charge in [-0.15, -0.1) is 0 Å². The van der Waals surface area contributed by atoms with E-state index in [2.05, 4.69) is 63.9 Å². The second kappa shape index (κ2) is 5.41. The molecule has 2 N–H and O–H groups in total. The third kappa shape index (κ3) is 3.03. The summed E-state index contributed by atoms with van der Waals surface area (Å²) in [5, 5.41) is 0. The summed E-state index contributed by atoms with van der Waals surface area (Å²) >= 11 is 7.09. The summed E-state index contributed by atoms with van der Waals surface area (Å²) in [6.45, 7) is 4.22. The van der Waals surface area contributed by atoms with Crippen molar-refractivity contribution in [2.45, 2.75) is 31.9 Å². The molecule has 110 valence electrons. The van der Waals surface area contributed by atoms with Gasteiger partial charge < -0.3 is 10.5 Å². The molecule has 1 aliphatic rings. The minimum Gasteiger partial charge on any atom is -0.487 e. The van der Waals surface area contributed by atoms with Crippen LogP contribution in [0.5, 0.6) is 5.75 Å². The van der Waals surface area contributed by atoms with Crippen LogP contribution in [-0.4, -0.2) is 5.60 Å². The molecule has 1 heterocycles. The Labute approximate surface area is 141 Å². The fourth-order valence-electron chi connectivity index (χ4n) is 2.76. The van der Waals surface area contributed by atoms with E-state index >= 15 is 0 Å². The van der Waals surface area contributed by atoms with E-state index in [1.54, 1.807) is 0 Å². The smallest absolute Gasteiger partial charge is 0.123 e. The van der Waals surface area contributed by atoms with Crippen LogP contribution in [0.2, 0.25) is 0 Å². The van der Waals surface area contributed by atoms with E-state index in [-0.39, 0.29) is 11.6 Å². The Morgan fingerprint density at radius 3 is 2.67 bits per heavy atom. The summed E-state index contributed by atoms with van der Waals surface area (Å²) in [5.41, 5.74) is 9.74. The molecular formula is C17H17Br2NO. The minimum atomic E-state index is -0.161. The highest BCUT2D eigenvalue weighted by atomic mass is 79.9. The molecule has 0 saturated heterocycles. The molecule has 0 fully saturated rings. The summed E-state index contributed by atoms with van der Waals surface area (Å²) in [4.78, 5) is 0. The van der Waals surface area contributed by atoms with Gasteiger partial charge in [-0.25, -0.2) is 0 Å². The lowest BCUT2D eigenvalue weighted by atomic mass is 9.95. The zero-order valence-corrected chi connectivity index (χ0v) is 15.2. The lowest BCUT2D eigenvalue weighted by Gasteiger charge is -2.16. The van der Waals surface area contributed by atoms with Crippen LogP contribution in [0.15, 0.2) is 45.3 Å². The number of hydrogen-bond acceptors (Lipinski definition) is 2. The van der Waals surface area contributed by atoms with E-state index in [0.29, 0.717) is 0 Å². The molecule has 1 unspecified atom stereocenters. The third-order valence-electron chi connectivity index (χ3n) is 3.74. The number of rotatable bonds is 2. The van der Waals surface area contributed by atoms with Crippen LogP contribution in [-0.2, 0) is 6.42 Å². The summed E-state index contributed by atoms with van der Waals surface area (Å²) in [6, 6.07) is 12.2. The zero-order chi connectivity index (χ0) is 15.2. The van der Waals surface area contributed by atoms with Crippen LogP contribution in [0.25, 0.3) is 0 Å². The highest BCUT2D eigenvalue weighted by Gasteiger charge is 2.30. The van der Waals surface area contributed by atoms with Crippen LogP contribution in [0, 0.1) is 0 Å². The highest BCUT2D eigenvalue weighted by molar-refractivity contribution is 9.11. The average Bonchev–Trinajstić information content (AvgIpc) is 2.73. The van der Waals surface area contributed by atoms with Gasteiger partial charge in [0, 0.05) is 15.4 Å². The molecule has 4 heteroatoms. The molecule has 2 aromatic rings. The second-order valence-corrected chi connectivity index (χ2v) is 7.82. The number of nitrogens with two attached hydrogens (primary N) is 1. The number of fused-ring (bicyclic) bond motifs is 1. The van der Waals surface area contributed by atoms with Gasteiger partial charge in [-0.2, -0.15) is 0 Å².